The molecule has 154 valence electrons. The lowest BCUT2D eigenvalue weighted by Gasteiger charge is -2.22. The SMILES string of the molecule is N#C[C@@H]1C[C@H](F)CN1C(=O)CNC1C2CN(C(=O)c3ccc(F)c(Cl)c3F)CC21. The Morgan fingerprint density at radius 2 is 1.93 bits per heavy atom. The molecule has 1 aromatic carbocycles. The van der Waals surface area contributed by atoms with Gasteiger partial charge in [-0.25, -0.2) is 13.2 Å². The summed E-state index contributed by atoms with van der Waals surface area (Å²) in [6.07, 6.45) is -1.14. The van der Waals surface area contributed by atoms with Gasteiger partial charge in [-0.15, -0.1) is 0 Å². The molecule has 3 aliphatic rings. The lowest BCUT2D eigenvalue weighted by atomic mass is 10.1. The molecule has 1 saturated carbocycles. The minimum absolute atomic E-state index is 0.00128. The number of carbonyl (C=O) groups is 2. The second-order valence-electron chi connectivity index (χ2n) is 7.69. The van der Waals surface area contributed by atoms with Crippen molar-refractivity contribution in [1.82, 2.24) is 15.1 Å². The Kier molecular flexibility index (Phi) is 5.17. The summed E-state index contributed by atoms with van der Waals surface area (Å²) in [5.74, 6) is -2.60. The highest BCUT2D eigenvalue weighted by molar-refractivity contribution is 6.31. The smallest absolute Gasteiger partial charge is 0.256 e. The third-order valence-electron chi connectivity index (χ3n) is 5.96. The summed E-state index contributed by atoms with van der Waals surface area (Å²) in [5.41, 5.74) is -0.269. The van der Waals surface area contributed by atoms with E-state index in [0.29, 0.717) is 13.1 Å². The maximum atomic E-state index is 14.1. The van der Waals surface area contributed by atoms with Crippen molar-refractivity contribution in [3.8, 4) is 6.07 Å². The highest BCUT2D eigenvalue weighted by Gasteiger charge is 2.56. The van der Waals surface area contributed by atoms with Crippen molar-refractivity contribution in [3.63, 3.8) is 0 Å². The molecule has 2 unspecified atom stereocenters. The first-order valence-corrected chi connectivity index (χ1v) is 9.69. The van der Waals surface area contributed by atoms with E-state index in [1.165, 1.54) is 9.80 Å². The summed E-state index contributed by atoms with van der Waals surface area (Å²) in [6.45, 7) is 0.713. The van der Waals surface area contributed by atoms with Gasteiger partial charge in [-0.3, -0.25) is 9.59 Å². The van der Waals surface area contributed by atoms with Crippen molar-refractivity contribution < 1.29 is 22.8 Å². The third kappa shape index (κ3) is 3.55. The Morgan fingerprint density at radius 1 is 1.24 bits per heavy atom. The van der Waals surface area contributed by atoms with Crippen molar-refractivity contribution in [3.05, 3.63) is 34.4 Å². The van der Waals surface area contributed by atoms with Crippen LogP contribution < -0.4 is 5.32 Å². The number of likely N-dealkylation sites (tertiary alicyclic amines) is 2. The van der Waals surface area contributed by atoms with Crippen LogP contribution in [0.5, 0.6) is 0 Å². The fraction of sp³-hybridized carbons (Fsp3) is 0.526. The number of hydrogen-bond acceptors (Lipinski definition) is 4. The summed E-state index contributed by atoms with van der Waals surface area (Å²) in [6, 6.07) is 3.29. The van der Waals surface area contributed by atoms with E-state index in [4.69, 9.17) is 16.9 Å². The molecule has 0 spiro atoms. The third-order valence-corrected chi connectivity index (χ3v) is 6.30. The Hall–Kier alpha value is -2.31. The number of nitrogens with one attached hydrogen (secondary N) is 1. The predicted octanol–water partition coefficient (Wildman–Crippen LogP) is 1.74. The monoisotopic (exact) mass is 426 g/mol. The first-order valence-electron chi connectivity index (χ1n) is 9.31. The zero-order chi connectivity index (χ0) is 20.9. The lowest BCUT2D eigenvalue weighted by molar-refractivity contribution is -0.130. The van der Waals surface area contributed by atoms with Gasteiger partial charge in [-0.05, 0) is 24.0 Å². The van der Waals surface area contributed by atoms with Crippen LogP contribution in [0.25, 0.3) is 0 Å². The summed E-state index contributed by atoms with van der Waals surface area (Å²) in [7, 11) is 0. The molecule has 6 nitrogen and oxygen atoms in total. The molecule has 4 rings (SSSR count). The molecule has 2 heterocycles. The average molecular weight is 427 g/mol. The van der Waals surface area contributed by atoms with E-state index < -0.39 is 34.8 Å². The Bertz CT molecular complexity index is 896. The number of halogens is 4. The zero-order valence-corrected chi connectivity index (χ0v) is 16.0. The molecule has 0 bridgehead atoms. The number of carbonyl (C=O) groups excluding carboxylic acids is 2. The standard InChI is InChI=1S/C19H18ClF3N4O2/c20-16-14(22)2-1-11(17(16)23)19(29)26-7-12-13(8-26)18(12)25-5-15(28)27-6-9(21)3-10(27)4-24/h1-2,9-10,12-13,18,25H,3,5-8H2/t9-,10-,12?,13?,18?/m0/s1. The van der Waals surface area contributed by atoms with Crippen LogP contribution in [-0.2, 0) is 4.79 Å². The van der Waals surface area contributed by atoms with Crippen molar-refractivity contribution in [2.45, 2.75) is 24.7 Å². The fourth-order valence-corrected chi connectivity index (χ4v) is 4.51. The molecule has 2 amide bonds. The second-order valence-corrected chi connectivity index (χ2v) is 8.07. The molecule has 2 aliphatic heterocycles. The predicted molar refractivity (Wildman–Crippen MR) is 96.7 cm³/mol. The van der Waals surface area contributed by atoms with E-state index in [1.807, 2.05) is 6.07 Å². The van der Waals surface area contributed by atoms with Gasteiger partial charge in [0.25, 0.3) is 5.91 Å². The van der Waals surface area contributed by atoms with Crippen LogP contribution in [0.15, 0.2) is 12.1 Å². The van der Waals surface area contributed by atoms with Gasteiger partial charge >= 0.3 is 0 Å². The van der Waals surface area contributed by atoms with E-state index in [2.05, 4.69) is 5.32 Å². The molecular weight excluding hydrogens is 409 g/mol. The van der Waals surface area contributed by atoms with Crippen molar-refractivity contribution in [2.75, 3.05) is 26.2 Å². The van der Waals surface area contributed by atoms with Crippen LogP contribution in [-0.4, -0.2) is 66.0 Å². The maximum absolute atomic E-state index is 14.1. The van der Waals surface area contributed by atoms with Crippen LogP contribution in [0.3, 0.4) is 0 Å². The summed E-state index contributed by atoms with van der Waals surface area (Å²) < 4.78 is 40.8. The number of benzene rings is 1. The van der Waals surface area contributed by atoms with Gasteiger partial charge in [0.1, 0.15) is 23.1 Å². The zero-order valence-electron chi connectivity index (χ0n) is 15.2. The minimum atomic E-state index is -1.18. The number of rotatable bonds is 4. The summed E-state index contributed by atoms with van der Waals surface area (Å²) >= 11 is 5.54. The van der Waals surface area contributed by atoms with Gasteiger partial charge in [-0.2, -0.15) is 5.26 Å². The first-order chi connectivity index (χ1) is 13.8. The lowest BCUT2D eigenvalue weighted by Crippen LogP contribution is -2.43. The van der Waals surface area contributed by atoms with Crippen LogP contribution in [0.1, 0.15) is 16.8 Å². The van der Waals surface area contributed by atoms with Crippen LogP contribution >= 0.6 is 11.6 Å². The molecule has 0 aromatic heterocycles. The van der Waals surface area contributed by atoms with Crippen LogP contribution in [0, 0.1) is 34.8 Å². The number of nitriles is 1. The van der Waals surface area contributed by atoms with Crippen molar-refractivity contribution in [2.24, 2.45) is 11.8 Å². The fourth-order valence-electron chi connectivity index (χ4n) is 4.35. The molecule has 3 fully saturated rings. The van der Waals surface area contributed by atoms with E-state index in [-0.39, 0.29) is 48.9 Å². The minimum Gasteiger partial charge on any atom is -0.338 e. The molecule has 10 heteroatoms. The van der Waals surface area contributed by atoms with Gasteiger partial charge in [-0.1, -0.05) is 11.6 Å². The number of nitrogens with zero attached hydrogens (tertiary/aromatic N) is 3. The molecule has 1 aliphatic carbocycles. The summed E-state index contributed by atoms with van der Waals surface area (Å²) in [5, 5.41) is 11.4. The van der Waals surface area contributed by atoms with E-state index >= 15 is 0 Å². The van der Waals surface area contributed by atoms with Crippen molar-refractivity contribution >= 4 is 23.4 Å². The van der Waals surface area contributed by atoms with Gasteiger partial charge in [0.05, 0.1) is 24.7 Å². The number of hydrogen-bond donors (Lipinski definition) is 1. The van der Waals surface area contributed by atoms with E-state index in [0.717, 1.165) is 12.1 Å². The molecule has 4 atom stereocenters. The number of amides is 2. The number of alkyl halides is 1. The van der Waals surface area contributed by atoms with Crippen LogP contribution in [0.2, 0.25) is 5.02 Å². The van der Waals surface area contributed by atoms with Gasteiger partial charge in [0.15, 0.2) is 5.82 Å². The largest absolute Gasteiger partial charge is 0.338 e. The Balaban J connectivity index is 1.29. The quantitative estimate of drug-likeness (QED) is 0.744. The topological polar surface area (TPSA) is 76.4 Å². The normalized spacial score (nSPS) is 30.2. The highest BCUT2D eigenvalue weighted by Crippen LogP contribution is 2.46. The van der Waals surface area contributed by atoms with Crippen LogP contribution in [0.4, 0.5) is 13.2 Å². The molecule has 29 heavy (non-hydrogen) atoms. The molecule has 0 radical (unpaired) electrons. The molecule has 1 N–H and O–H groups in total. The molecule has 1 aromatic rings. The van der Waals surface area contributed by atoms with Gasteiger partial charge in [0, 0.05) is 25.6 Å². The van der Waals surface area contributed by atoms with E-state index in [1.54, 1.807) is 0 Å². The Labute approximate surface area is 170 Å². The molecular formula is C19H18ClF3N4O2. The highest BCUT2D eigenvalue weighted by atomic mass is 35.5. The first kappa shape index (κ1) is 20.0. The van der Waals surface area contributed by atoms with E-state index in [9.17, 15) is 22.8 Å². The number of piperidine rings is 1. The number of fused-ring (bicyclic) bond motifs is 1. The summed E-state index contributed by atoms with van der Waals surface area (Å²) in [4.78, 5) is 27.5. The molecule has 2 saturated heterocycles. The van der Waals surface area contributed by atoms with Gasteiger partial charge < -0.3 is 15.1 Å². The van der Waals surface area contributed by atoms with Gasteiger partial charge in [0.2, 0.25) is 5.91 Å². The Morgan fingerprint density at radius 3 is 2.59 bits per heavy atom. The second kappa shape index (κ2) is 7.50. The average Bonchev–Trinajstić information content (AvgIpc) is 3.03. The van der Waals surface area contributed by atoms with Crippen molar-refractivity contribution in [1.29, 1.82) is 5.26 Å². The maximum Gasteiger partial charge on any atom is 0.256 e.